The molecule has 182 valence electrons. The van der Waals surface area contributed by atoms with E-state index in [0.717, 1.165) is 23.9 Å². The molecule has 1 aromatic heterocycles. The second kappa shape index (κ2) is 9.85. The quantitative estimate of drug-likeness (QED) is 0.290. The molecule has 35 heavy (non-hydrogen) atoms. The Morgan fingerprint density at radius 2 is 1.11 bits per heavy atom. The van der Waals surface area contributed by atoms with Gasteiger partial charge in [-0.2, -0.15) is 8.75 Å². The maximum absolute atomic E-state index is 4.91. The molecule has 5 rings (SSSR count). The summed E-state index contributed by atoms with van der Waals surface area (Å²) in [6.07, 6.45) is 8.70. The minimum atomic E-state index is 0.148. The van der Waals surface area contributed by atoms with E-state index in [1.807, 2.05) is 0 Å². The minimum Gasteiger partial charge on any atom is -0.172 e. The Morgan fingerprint density at radius 1 is 0.657 bits per heavy atom. The molecule has 1 heterocycles. The van der Waals surface area contributed by atoms with Crippen molar-refractivity contribution in [3.63, 3.8) is 0 Å². The number of hydrogen-bond acceptors (Lipinski definition) is 3. The highest BCUT2D eigenvalue weighted by molar-refractivity contribution is 7.00. The Labute approximate surface area is 215 Å². The molecule has 2 nitrogen and oxygen atoms in total. The molecule has 0 aliphatic heterocycles. The van der Waals surface area contributed by atoms with E-state index in [-0.39, 0.29) is 5.41 Å². The van der Waals surface area contributed by atoms with Gasteiger partial charge in [0.25, 0.3) is 0 Å². The van der Waals surface area contributed by atoms with E-state index in [1.54, 1.807) is 0 Å². The number of hydrogen-bond donors (Lipinski definition) is 0. The van der Waals surface area contributed by atoms with Crippen LogP contribution in [0.2, 0.25) is 0 Å². The lowest BCUT2D eigenvalue weighted by atomic mass is 9.82. The van der Waals surface area contributed by atoms with Gasteiger partial charge < -0.3 is 0 Å². The molecule has 3 heteroatoms. The van der Waals surface area contributed by atoms with Gasteiger partial charge in [0.2, 0.25) is 0 Å². The van der Waals surface area contributed by atoms with Crippen LogP contribution in [0.15, 0.2) is 48.5 Å². The first-order chi connectivity index (χ1) is 16.8. The van der Waals surface area contributed by atoms with Crippen LogP contribution in [0.5, 0.6) is 0 Å². The lowest BCUT2D eigenvalue weighted by molar-refractivity contribution is 0.590. The third-order valence-electron chi connectivity index (χ3n) is 7.69. The molecule has 0 saturated heterocycles. The van der Waals surface area contributed by atoms with Gasteiger partial charge in [0.1, 0.15) is 11.0 Å². The first-order valence-electron chi connectivity index (χ1n) is 13.4. The SMILES string of the molecule is CC(C)c1ccc(-c2c3c(c(-c4ccc(C(C)(C)C)cc4)c4nsnc24)CCCCCCC3)cc1. The Kier molecular flexibility index (Phi) is 6.81. The van der Waals surface area contributed by atoms with E-state index in [9.17, 15) is 0 Å². The summed E-state index contributed by atoms with van der Waals surface area (Å²) >= 11 is 1.36. The fraction of sp³-hybridized carbons (Fsp3) is 0.438. The van der Waals surface area contributed by atoms with Crippen molar-refractivity contribution in [2.45, 2.75) is 90.9 Å². The van der Waals surface area contributed by atoms with Crippen LogP contribution >= 0.6 is 11.7 Å². The molecule has 0 bridgehead atoms. The fourth-order valence-electron chi connectivity index (χ4n) is 5.58. The highest BCUT2D eigenvalue weighted by Crippen LogP contribution is 2.43. The molecular weight excluding hydrogens is 444 g/mol. The fourth-order valence-corrected chi connectivity index (χ4v) is 6.14. The van der Waals surface area contributed by atoms with Crippen molar-refractivity contribution < 1.29 is 0 Å². The van der Waals surface area contributed by atoms with Crippen LogP contribution in [-0.2, 0) is 18.3 Å². The summed E-state index contributed by atoms with van der Waals surface area (Å²) < 4.78 is 9.83. The number of benzene rings is 3. The van der Waals surface area contributed by atoms with Crippen LogP contribution in [0.3, 0.4) is 0 Å². The van der Waals surface area contributed by atoms with Gasteiger partial charge in [-0.1, -0.05) is 102 Å². The summed E-state index contributed by atoms with van der Waals surface area (Å²) in [6.45, 7) is 11.4. The van der Waals surface area contributed by atoms with E-state index in [0.29, 0.717) is 5.92 Å². The van der Waals surface area contributed by atoms with Gasteiger partial charge in [0.15, 0.2) is 0 Å². The molecule has 0 N–H and O–H groups in total. The molecule has 3 aromatic carbocycles. The van der Waals surface area contributed by atoms with Crippen LogP contribution in [0.25, 0.3) is 33.3 Å². The topological polar surface area (TPSA) is 25.8 Å². The van der Waals surface area contributed by atoms with Crippen molar-refractivity contribution in [1.82, 2.24) is 8.75 Å². The van der Waals surface area contributed by atoms with Gasteiger partial charge in [-0.3, -0.25) is 0 Å². The van der Waals surface area contributed by atoms with E-state index in [4.69, 9.17) is 8.75 Å². The molecule has 0 amide bonds. The average Bonchev–Trinajstić information content (AvgIpc) is 3.35. The smallest absolute Gasteiger partial charge is 0.113 e. The Balaban J connectivity index is 1.76. The molecule has 0 atom stereocenters. The first kappa shape index (κ1) is 24.2. The zero-order valence-corrected chi connectivity index (χ0v) is 22.8. The highest BCUT2D eigenvalue weighted by Gasteiger charge is 2.25. The van der Waals surface area contributed by atoms with Gasteiger partial charge in [-0.05, 0) is 70.4 Å². The first-order valence-corrected chi connectivity index (χ1v) is 14.1. The third-order valence-corrected chi connectivity index (χ3v) is 8.22. The van der Waals surface area contributed by atoms with Gasteiger partial charge in [-0.15, -0.1) is 0 Å². The minimum absolute atomic E-state index is 0.148. The summed E-state index contributed by atoms with van der Waals surface area (Å²) in [7, 11) is 0. The maximum Gasteiger partial charge on any atom is 0.113 e. The molecule has 0 saturated carbocycles. The predicted octanol–water partition coefficient (Wildman–Crippen LogP) is 9.50. The summed E-state index contributed by atoms with van der Waals surface area (Å²) in [4.78, 5) is 0. The van der Waals surface area contributed by atoms with Crippen LogP contribution in [0, 0.1) is 0 Å². The monoisotopic (exact) mass is 482 g/mol. The van der Waals surface area contributed by atoms with Crippen molar-refractivity contribution in [3.05, 3.63) is 70.8 Å². The summed E-state index contributed by atoms with van der Waals surface area (Å²) in [5, 5.41) is 0. The normalized spacial score (nSPS) is 15.0. The summed E-state index contributed by atoms with van der Waals surface area (Å²) in [6, 6.07) is 18.5. The van der Waals surface area contributed by atoms with Gasteiger partial charge in [0.05, 0.1) is 11.7 Å². The summed E-state index contributed by atoms with van der Waals surface area (Å²) in [5.41, 5.74) is 13.3. The molecule has 1 aliphatic rings. The third kappa shape index (κ3) is 4.80. The largest absolute Gasteiger partial charge is 0.172 e. The predicted molar refractivity (Wildman–Crippen MR) is 152 cm³/mol. The standard InChI is InChI=1S/C32H38N2S/c1-21(2)22-13-15-23(16-14-22)28-26-11-9-7-6-8-10-12-27(26)29(31-30(28)33-35-34-31)24-17-19-25(20-18-24)32(3,4)5/h13-21H,6-12H2,1-5H3. The van der Waals surface area contributed by atoms with E-state index in [1.165, 1.54) is 88.3 Å². The zero-order valence-electron chi connectivity index (χ0n) is 21.9. The molecular formula is C32H38N2S. The second-order valence-electron chi connectivity index (χ2n) is 11.5. The maximum atomic E-state index is 4.91. The van der Waals surface area contributed by atoms with E-state index < -0.39 is 0 Å². The van der Waals surface area contributed by atoms with Gasteiger partial charge in [-0.25, -0.2) is 0 Å². The van der Waals surface area contributed by atoms with Crippen molar-refractivity contribution in [2.24, 2.45) is 0 Å². The Bertz CT molecular complexity index is 1310. The molecule has 0 radical (unpaired) electrons. The lowest BCUT2D eigenvalue weighted by Gasteiger charge is -2.22. The molecule has 0 spiro atoms. The number of nitrogens with zero attached hydrogens (tertiary/aromatic N) is 2. The number of rotatable bonds is 3. The van der Waals surface area contributed by atoms with Gasteiger partial charge in [0, 0.05) is 11.1 Å². The van der Waals surface area contributed by atoms with Crippen molar-refractivity contribution in [3.8, 4) is 22.3 Å². The summed E-state index contributed by atoms with van der Waals surface area (Å²) in [5.74, 6) is 0.535. The molecule has 0 fully saturated rings. The Morgan fingerprint density at radius 3 is 1.57 bits per heavy atom. The van der Waals surface area contributed by atoms with Crippen LogP contribution < -0.4 is 0 Å². The van der Waals surface area contributed by atoms with Crippen molar-refractivity contribution in [1.29, 1.82) is 0 Å². The Hall–Kier alpha value is -2.52. The van der Waals surface area contributed by atoms with Crippen molar-refractivity contribution in [2.75, 3.05) is 0 Å². The van der Waals surface area contributed by atoms with E-state index in [2.05, 4.69) is 83.1 Å². The van der Waals surface area contributed by atoms with E-state index >= 15 is 0 Å². The van der Waals surface area contributed by atoms with Gasteiger partial charge >= 0.3 is 0 Å². The van der Waals surface area contributed by atoms with Crippen molar-refractivity contribution >= 4 is 22.8 Å². The van der Waals surface area contributed by atoms with Crippen LogP contribution in [-0.4, -0.2) is 8.75 Å². The molecule has 0 unspecified atom stereocenters. The average molecular weight is 483 g/mol. The second-order valence-corrected chi connectivity index (χ2v) is 12.1. The number of aromatic nitrogens is 2. The van der Waals surface area contributed by atoms with Crippen LogP contribution in [0.1, 0.15) is 94.9 Å². The number of fused-ring (bicyclic) bond motifs is 2. The molecule has 1 aliphatic carbocycles. The van der Waals surface area contributed by atoms with Crippen LogP contribution in [0.4, 0.5) is 0 Å². The lowest BCUT2D eigenvalue weighted by Crippen LogP contribution is -2.10. The highest BCUT2D eigenvalue weighted by atomic mass is 32.1. The zero-order chi connectivity index (χ0) is 24.6. The molecule has 4 aromatic rings.